The predicted molar refractivity (Wildman–Crippen MR) is 94.4 cm³/mol. The SMILES string of the molecule is CCCCCCCCCCC(C)C(=O)N[C@@H](CCC(N)=O)C(=O)O. The molecule has 2 amide bonds. The van der Waals surface area contributed by atoms with E-state index in [2.05, 4.69) is 12.2 Å². The zero-order valence-electron chi connectivity index (χ0n) is 15.2. The second-order valence-electron chi connectivity index (χ2n) is 6.57. The quantitative estimate of drug-likeness (QED) is 0.397. The first-order valence-corrected chi connectivity index (χ1v) is 9.20. The van der Waals surface area contributed by atoms with Crippen LogP contribution < -0.4 is 11.1 Å². The maximum atomic E-state index is 12.1. The predicted octanol–water partition coefficient (Wildman–Crippen LogP) is 2.99. The van der Waals surface area contributed by atoms with Gasteiger partial charge in [-0.2, -0.15) is 0 Å². The minimum atomic E-state index is -1.14. The number of rotatable bonds is 15. The van der Waals surface area contributed by atoms with Gasteiger partial charge >= 0.3 is 5.97 Å². The standard InChI is InChI=1S/C18H34N2O4/c1-3-4-5-6-7-8-9-10-11-14(2)17(22)20-15(18(23)24)12-13-16(19)21/h14-15H,3-13H2,1-2H3,(H2,19,21)(H,20,22)(H,23,24)/t14?,15-/m0/s1. The van der Waals surface area contributed by atoms with Gasteiger partial charge in [0.25, 0.3) is 0 Å². The zero-order chi connectivity index (χ0) is 18.4. The van der Waals surface area contributed by atoms with Gasteiger partial charge in [-0.25, -0.2) is 4.79 Å². The molecule has 0 saturated heterocycles. The number of carboxylic acid groups (broad SMARTS) is 1. The summed E-state index contributed by atoms with van der Waals surface area (Å²) in [5, 5.41) is 11.6. The second-order valence-corrected chi connectivity index (χ2v) is 6.57. The molecule has 1 unspecified atom stereocenters. The van der Waals surface area contributed by atoms with Crippen molar-refractivity contribution >= 4 is 17.8 Å². The Labute approximate surface area is 145 Å². The van der Waals surface area contributed by atoms with E-state index < -0.39 is 17.9 Å². The number of aliphatic carboxylic acids is 1. The van der Waals surface area contributed by atoms with Crippen LogP contribution in [0, 0.1) is 5.92 Å². The van der Waals surface area contributed by atoms with Gasteiger partial charge in [-0.3, -0.25) is 9.59 Å². The fraction of sp³-hybridized carbons (Fsp3) is 0.833. The molecule has 0 aliphatic carbocycles. The highest BCUT2D eigenvalue weighted by molar-refractivity contribution is 5.85. The number of unbranched alkanes of at least 4 members (excludes halogenated alkanes) is 7. The highest BCUT2D eigenvalue weighted by atomic mass is 16.4. The van der Waals surface area contributed by atoms with Crippen molar-refractivity contribution in [2.75, 3.05) is 0 Å². The Kier molecular flexibility index (Phi) is 12.9. The van der Waals surface area contributed by atoms with Crippen LogP contribution in [0.2, 0.25) is 0 Å². The van der Waals surface area contributed by atoms with Crippen LogP contribution in [-0.4, -0.2) is 28.9 Å². The van der Waals surface area contributed by atoms with Crippen LogP contribution in [0.4, 0.5) is 0 Å². The van der Waals surface area contributed by atoms with Crippen LogP contribution in [0.3, 0.4) is 0 Å². The molecule has 0 rings (SSSR count). The van der Waals surface area contributed by atoms with Crippen LogP contribution in [0.25, 0.3) is 0 Å². The van der Waals surface area contributed by atoms with Crippen LogP contribution >= 0.6 is 0 Å². The van der Waals surface area contributed by atoms with Gasteiger partial charge in [0.05, 0.1) is 0 Å². The first kappa shape index (κ1) is 22.4. The molecule has 4 N–H and O–H groups in total. The Balaban J connectivity index is 3.91. The summed E-state index contributed by atoms with van der Waals surface area (Å²) in [5.74, 6) is -2.19. The number of hydrogen-bond acceptors (Lipinski definition) is 3. The van der Waals surface area contributed by atoms with E-state index in [0.717, 1.165) is 19.3 Å². The van der Waals surface area contributed by atoms with Crippen molar-refractivity contribution in [3.05, 3.63) is 0 Å². The number of nitrogens with two attached hydrogens (primary N) is 1. The third-order valence-corrected chi connectivity index (χ3v) is 4.23. The highest BCUT2D eigenvalue weighted by Crippen LogP contribution is 2.13. The number of carbonyl (C=O) groups is 3. The molecule has 0 heterocycles. The Bertz CT molecular complexity index is 385. The molecule has 0 fully saturated rings. The van der Waals surface area contributed by atoms with Crippen LogP contribution in [-0.2, 0) is 14.4 Å². The molecule has 6 heteroatoms. The van der Waals surface area contributed by atoms with Crippen LogP contribution in [0.5, 0.6) is 0 Å². The van der Waals surface area contributed by atoms with Crippen molar-refractivity contribution in [2.45, 2.75) is 90.5 Å². The van der Waals surface area contributed by atoms with E-state index in [1.807, 2.05) is 6.92 Å². The third kappa shape index (κ3) is 11.9. The largest absolute Gasteiger partial charge is 0.480 e. The van der Waals surface area contributed by atoms with E-state index in [1.165, 1.54) is 38.5 Å². The van der Waals surface area contributed by atoms with E-state index in [1.54, 1.807) is 0 Å². The van der Waals surface area contributed by atoms with E-state index >= 15 is 0 Å². The van der Waals surface area contributed by atoms with Crippen molar-refractivity contribution in [1.29, 1.82) is 0 Å². The Morgan fingerprint density at radius 2 is 1.50 bits per heavy atom. The Morgan fingerprint density at radius 3 is 2.00 bits per heavy atom. The average molecular weight is 342 g/mol. The molecule has 140 valence electrons. The molecular weight excluding hydrogens is 308 g/mol. The second kappa shape index (κ2) is 13.8. The number of hydrogen-bond donors (Lipinski definition) is 3. The molecule has 0 aromatic carbocycles. The molecule has 6 nitrogen and oxygen atoms in total. The summed E-state index contributed by atoms with van der Waals surface area (Å²) in [5.41, 5.74) is 5.02. The van der Waals surface area contributed by atoms with Crippen LogP contribution in [0.1, 0.15) is 84.5 Å². The smallest absolute Gasteiger partial charge is 0.326 e. The van der Waals surface area contributed by atoms with Crippen molar-refractivity contribution < 1.29 is 19.5 Å². The zero-order valence-corrected chi connectivity index (χ0v) is 15.2. The lowest BCUT2D eigenvalue weighted by molar-refractivity contribution is -0.142. The lowest BCUT2D eigenvalue weighted by atomic mass is 10.00. The summed E-state index contributed by atoms with van der Waals surface area (Å²) in [6, 6.07) is -1.05. The molecule has 0 aliphatic heterocycles. The maximum absolute atomic E-state index is 12.1. The van der Waals surface area contributed by atoms with E-state index in [0.29, 0.717) is 0 Å². The minimum absolute atomic E-state index is 0.0287. The van der Waals surface area contributed by atoms with Gasteiger partial charge in [0, 0.05) is 12.3 Å². The van der Waals surface area contributed by atoms with Gasteiger partial charge in [0.15, 0.2) is 0 Å². The first-order valence-electron chi connectivity index (χ1n) is 9.20. The number of carboxylic acids is 1. The topological polar surface area (TPSA) is 109 Å². The van der Waals surface area contributed by atoms with E-state index in [4.69, 9.17) is 10.8 Å². The summed E-state index contributed by atoms with van der Waals surface area (Å²) < 4.78 is 0. The summed E-state index contributed by atoms with van der Waals surface area (Å²) in [4.78, 5) is 33.9. The molecule has 0 aliphatic rings. The van der Waals surface area contributed by atoms with E-state index in [9.17, 15) is 14.4 Å². The minimum Gasteiger partial charge on any atom is -0.480 e. The Morgan fingerprint density at radius 1 is 0.958 bits per heavy atom. The van der Waals surface area contributed by atoms with E-state index in [-0.39, 0.29) is 24.7 Å². The summed E-state index contributed by atoms with van der Waals surface area (Å²) >= 11 is 0. The fourth-order valence-corrected chi connectivity index (χ4v) is 2.57. The normalized spacial score (nSPS) is 13.2. The molecule has 0 spiro atoms. The summed E-state index contributed by atoms with van der Waals surface area (Å²) in [6.07, 6.45) is 10.4. The van der Waals surface area contributed by atoms with Gasteiger partial charge in [0.1, 0.15) is 6.04 Å². The lowest BCUT2D eigenvalue weighted by Crippen LogP contribution is -2.43. The van der Waals surface area contributed by atoms with Gasteiger partial charge in [0.2, 0.25) is 11.8 Å². The maximum Gasteiger partial charge on any atom is 0.326 e. The highest BCUT2D eigenvalue weighted by Gasteiger charge is 2.23. The number of nitrogens with one attached hydrogen (secondary N) is 1. The van der Waals surface area contributed by atoms with Crippen molar-refractivity contribution in [3.8, 4) is 0 Å². The molecule has 0 saturated carbocycles. The van der Waals surface area contributed by atoms with Gasteiger partial charge in [-0.1, -0.05) is 65.2 Å². The Hall–Kier alpha value is -1.59. The molecule has 24 heavy (non-hydrogen) atoms. The van der Waals surface area contributed by atoms with Crippen molar-refractivity contribution in [1.82, 2.24) is 5.32 Å². The molecule has 0 aromatic rings. The van der Waals surface area contributed by atoms with Crippen LogP contribution in [0.15, 0.2) is 0 Å². The summed E-state index contributed by atoms with van der Waals surface area (Å²) in [6.45, 7) is 4.01. The molecular formula is C18H34N2O4. The average Bonchev–Trinajstić information content (AvgIpc) is 2.52. The number of primary amides is 1. The monoisotopic (exact) mass is 342 g/mol. The van der Waals surface area contributed by atoms with Gasteiger partial charge < -0.3 is 16.2 Å². The first-order chi connectivity index (χ1) is 11.4. The fourth-order valence-electron chi connectivity index (χ4n) is 2.57. The summed E-state index contributed by atoms with van der Waals surface area (Å²) in [7, 11) is 0. The van der Waals surface area contributed by atoms with Crippen molar-refractivity contribution in [2.24, 2.45) is 11.7 Å². The number of carbonyl (C=O) groups excluding carboxylic acids is 2. The van der Waals surface area contributed by atoms with Gasteiger partial charge in [-0.05, 0) is 12.8 Å². The third-order valence-electron chi connectivity index (χ3n) is 4.23. The lowest BCUT2D eigenvalue weighted by Gasteiger charge is -2.17. The molecule has 0 radical (unpaired) electrons. The molecule has 0 bridgehead atoms. The van der Waals surface area contributed by atoms with Gasteiger partial charge in [-0.15, -0.1) is 0 Å². The van der Waals surface area contributed by atoms with Crippen molar-refractivity contribution in [3.63, 3.8) is 0 Å². The number of amides is 2. The molecule has 0 aromatic heterocycles. The molecule has 2 atom stereocenters.